The van der Waals surface area contributed by atoms with E-state index in [9.17, 15) is 4.79 Å². The fraction of sp³-hybridized carbons (Fsp3) is 0.536. The summed E-state index contributed by atoms with van der Waals surface area (Å²) in [5.41, 5.74) is 2.39. The van der Waals surface area contributed by atoms with Gasteiger partial charge in [0.05, 0.1) is 24.7 Å². The third-order valence-electron chi connectivity index (χ3n) is 7.92. The molecular formula is C28H38N4O5. The van der Waals surface area contributed by atoms with Crippen molar-refractivity contribution < 1.29 is 19.4 Å². The number of hydrogen-bond acceptors (Lipinski definition) is 7. The van der Waals surface area contributed by atoms with Crippen molar-refractivity contribution in [1.29, 1.82) is 0 Å². The van der Waals surface area contributed by atoms with Crippen molar-refractivity contribution in [2.45, 2.75) is 45.7 Å². The molecule has 2 saturated carbocycles. The predicted molar refractivity (Wildman–Crippen MR) is 143 cm³/mol. The number of aldehydes is 1. The number of pyridine rings is 2. The highest BCUT2D eigenvalue weighted by atomic mass is 16.5. The van der Waals surface area contributed by atoms with Crippen molar-refractivity contribution in [3.05, 3.63) is 46.8 Å². The highest BCUT2D eigenvalue weighted by molar-refractivity contribution is 5.93. The first-order chi connectivity index (χ1) is 17.5. The zero-order valence-electron chi connectivity index (χ0n) is 21.9. The van der Waals surface area contributed by atoms with Crippen LogP contribution in [0.25, 0.3) is 22.1 Å². The Morgan fingerprint density at radius 3 is 2.81 bits per heavy atom. The first-order valence-corrected chi connectivity index (χ1v) is 13.0. The van der Waals surface area contributed by atoms with Crippen LogP contribution in [0.1, 0.15) is 38.9 Å². The molecule has 3 aliphatic rings. The van der Waals surface area contributed by atoms with E-state index in [1.807, 2.05) is 18.3 Å². The number of aryl methyl sites for hydroxylation is 1. The molecule has 3 N–H and O–H groups in total. The van der Waals surface area contributed by atoms with Gasteiger partial charge in [0.1, 0.15) is 23.4 Å². The molecule has 0 radical (unpaired) electrons. The highest BCUT2D eigenvalue weighted by Gasteiger charge is 2.48. The minimum atomic E-state index is -0.0423. The average Bonchev–Trinajstić information content (AvgIpc) is 3.35. The van der Waals surface area contributed by atoms with Gasteiger partial charge in [-0.2, -0.15) is 0 Å². The molecule has 3 fully saturated rings. The van der Waals surface area contributed by atoms with Crippen molar-refractivity contribution in [3.63, 3.8) is 0 Å². The number of carbonyl (C=O) groups is 1. The first kappa shape index (κ1) is 27.0. The average molecular weight is 511 g/mol. The summed E-state index contributed by atoms with van der Waals surface area (Å²) in [4.78, 5) is 28.5. The Kier molecular flexibility index (Phi) is 8.46. The van der Waals surface area contributed by atoms with Gasteiger partial charge >= 0.3 is 0 Å². The molecular weight excluding hydrogens is 472 g/mol. The Bertz CT molecular complexity index is 1290. The molecule has 9 heteroatoms. The van der Waals surface area contributed by atoms with Gasteiger partial charge in [-0.25, -0.2) is 0 Å². The van der Waals surface area contributed by atoms with Crippen LogP contribution in [0.2, 0.25) is 0 Å². The second-order valence-corrected chi connectivity index (χ2v) is 10.4. The Balaban J connectivity index is 0.000000765. The number of carbonyl (C=O) groups excluding carboxylic acids is 1. The smallest absolute Gasteiger partial charge is 0.261 e. The van der Waals surface area contributed by atoms with Gasteiger partial charge in [-0.15, -0.1) is 0 Å². The van der Waals surface area contributed by atoms with E-state index in [0.29, 0.717) is 29.5 Å². The number of fused-ring (bicyclic) bond motifs is 2. The fourth-order valence-corrected chi connectivity index (χ4v) is 5.83. The standard InChI is InChI=1S/C26H32N4O3.C2H4O.H2O/c1-16-11-28-7-8-30(16)13-19-10-22-25(33-19)23(14-29(2)26(22)31)20-5-6-27-12-24(20)32-15-18-4-3-17-9-21(17)18;1-2-3;/h5-6,10,12,14,16-18,21,28H,3-4,7-9,11,13,15H2,1-2H3;2H,1H3;1H2/t16-,17?,18-,21?;;/m1../s1. The van der Waals surface area contributed by atoms with Crippen LogP contribution in [0.4, 0.5) is 0 Å². The number of piperazine rings is 1. The Labute approximate surface area is 217 Å². The minimum absolute atomic E-state index is 0. The van der Waals surface area contributed by atoms with E-state index in [1.165, 1.54) is 26.2 Å². The lowest BCUT2D eigenvalue weighted by Gasteiger charge is -2.33. The van der Waals surface area contributed by atoms with E-state index in [2.05, 4.69) is 22.1 Å². The summed E-state index contributed by atoms with van der Waals surface area (Å²) in [5.74, 6) is 4.03. The van der Waals surface area contributed by atoms with Crippen LogP contribution in [0, 0.1) is 17.8 Å². The first-order valence-electron chi connectivity index (χ1n) is 13.0. The number of rotatable bonds is 6. The molecule has 4 heterocycles. The minimum Gasteiger partial charge on any atom is -0.491 e. The monoisotopic (exact) mass is 510 g/mol. The molecule has 1 saturated heterocycles. The van der Waals surface area contributed by atoms with Gasteiger partial charge in [-0.3, -0.25) is 14.7 Å². The van der Waals surface area contributed by atoms with E-state index in [4.69, 9.17) is 13.9 Å². The Morgan fingerprint density at radius 1 is 1.30 bits per heavy atom. The lowest BCUT2D eigenvalue weighted by Crippen LogP contribution is -2.49. The largest absolute Gasteiger partial charge is 0.491 e. The number of aromatic nitrogens is 2. The number of nitrogens with one attached hydrogen (secondary N) is 1. The number of furan rings is 1. The molecule has 200 valence electrons. The maximum absolute atomic E-state index is 12.9. The van der Waals surface area contributed by atoms with Gasteiger partial charge < -0.3 is 29.3 Å². The molecule has 6 rings (SSSR count). The van der Waals surface area contributed by atoms with Gasteiger partial charge in [0, 0.05) is 56.2 Å². The Hall–Kier alpha value is -3.01. The van der Waals surface area contributed by atoms with Gasteiger partial charge in [0.2, 0.25) is 0 Å². The van der Waals surface area contributed by atoms with Crippen LogP contribution in [-0.2, 0) is 18.4 Å². The second-order valence-electron chi connectivity index (χ2n) is 10.4. The highest BCUT2D eigenvalue weighted by Crippen LogP contribution is 2.55. The topological polar surface area (TPSA) is 121 Å². The maximum atomic E-state index is 12.9. The summed E-state index contributed by atoms with van der Waals surface area (Å²) in [6.45, 7) is 8.00. The molecule has 0 spiro atoms. The molecule has 9 nitrogen and oxygen atoms in total. The van der Waals surface area contributed by atoms with E-state index >= 15 is 0 Å². The number of ether oxygens (including phenoxy) is 1. The molecule has 1 aliphatic heterocycles. The maximum Gasteiger partial charge on any atom is 0.261 e. The van der Waals surface area contributed by atoms with Crippen molar-refractivity contribution in [2.75, 3.05) is 26.2 Å². The van der Waals surface area contributed by atoms with E-state index in [1.54, 1.807) is 24.0 Å². The lowest BCUT2D eigenvalue weighted by atomic mass is 10.0. The summed E-state index contributed by atoms with van der Waals surface area (Å²) >= 11 is 0. The molecule has 2 unspecified atom stereocenters. The molecule has 0 aromatic carbocycles. The molecule has 3 aromatic heterocycles. The van der Waals surface area contributed by atoms with E-state index in [0.717, 1.165) is 67.0 Å². The summed E-state index contributed by atoms with van der Waals surface area (Å²) in [7, 11) is 1.80. The zero-order chi connectivity index (χ0) is 25.2. The lowest BCUT2D eigenvalue weighted by molar-refractivity contribution is -0.106. The molecule has 0 bridgehead atoms. The molecule has 0 amide bonds. The summed E-state index contributed by atoms with van der Waals surface area (Å²) in [6, 6.07) is 4.31. The van der Waals surface area contributed by atoms with Gasteiger partial charge in [-0.05, 0) is 63.0 Å². The molecule has 4 atom stereocenters. The van der Waals surface area contributed by atoms with Crippen molar-refractivity contribution in [2.24, 2.45) is 24.8 Å². The van der Waals surface area contributed by atoms with Gasteiger partial charge in [-0.1, -0.05) is 0 Å². The summed E-state index contributed by atoms with van der Waals surface area (Å²) in [6.07, 6.45) is 10.2. The summed E-state index contributed by atoms with van der Waals surface area (Å²) < 4.78 is 14.3. The van der Waals surface area contributed by atoms with Crippen LogP contribution in [0.15, 0.2) is 39.9 Å². The van der Waals surface area contributed by atoms with Gasteiger partial charge in [0.15, 0.2) is 0 Å². The Morgan fingerprint density at radius 2 is 2.11 bits per heavy atom. The van der Waals surface area contributed by atoms with E-state index in [-0.39, 0.29) is 11.0 Å². The van der Waals surface area contributed by atoms with Crippen LogP contribution in [0.3, 0.4) is 0 Å². The fourth-order valence-electron chi connectivity index (χ4n) is 5.83. The molecule has 2 aliphatic carbocycles. The van der Waals surface area contributed by atoms with Crippen molar-refractivity contribution in [3.8, 4) is 16.9 Å². The molecule has 37 heavy (non-hydrogen) atoms. The summed E-state index contributed by atoms with van der Waals surface area (Å²) in [5, 5.41) is 4.04. The normalized spacial score (nSPS) is 24.5. The van der Waals surface area contributed by atoms with Crippen LogP contribution in [0.5, 0.6) is 5.75 Å². The van der Waals surface area contributed by atoms with Gasteiger partial charge in [0.25, 0.3) is 5.56 Å². The van der Waals surface area contributed by atoms with Crippen LogP contribution < -0.4 is 15.6 Å². The van der Waals surface area contributed by atoms with E-state index < -0.39 is 0 Å². The third kappa shape index (κ3) is 5.63. The quantitative estimate of drug-likeness (QED) is 0.506. The molecule has 3 aromatic rings. The van der Waals surface area contributed by atoms with Crippen LogP contribution in [-0.4, -0.2) is 58.5 Å². The zero-order valence-corrected chi connectivity index (χ0v) is 21.9. The van der Waals surface area contributed by atoms with Crippen molar-refractivity contribution >= 4 is 17.3 Å². The third-order valence-corrected chi connectivity index (χ3v) is 7.92. The SMILES string of the molecule is CC=O.C[C@@H]1CNCCN1Cc1cc2c(=O)n(C)cc(-c3ccncc3OC[C@H]3CCC4CC43)c2o1.O. The number of nitrogens with zero attached hydrogens (tertiary/aromatic N) is 3. The second kappa shape index (κ2) is 11.6. The predicted octanol–water partition coefficient (Wildman–Crippen LogP) is 2.79. The number of hydrogen-bond donors (Lipinski definition) is 1. The van der Waals surface area contributed by atoms with Crippen molar-refractivity contribution in [1.82, 2.24) is 19.8 Å². The van der Waals surface area contributed by atoms with Crippen LogP contribution >= 0.6 is 0 Å².